The number of benzene rings is 2. The fraction of sp³-hybridized carbons (Fsp3) is 0.516. The molecule has 4 rings (SSSR count). The van der Waals surface area contributed by atoms with E-state index < -0.39 is 18.3 Å². The number of rotatable bonds is 10. The Kier molecular flexibility index (Phi) is 11.3. The van der Waals surface area contributed by atoms with Crippen molar-refractivity contribution in [2.75, 3.05) is 6.61 Å². The van der Waals surface area contributed by atoms with Gasteiger partial charge in [-0.15, -0.1) is 11.3 Å². The van der Waals surface area contributed by atoms with Crippen LogP contribution < -0.4 is 10.2 Å². The molecule has 1 fully saturated rings. The van der Waals surface area contributed by atoms with Crippen LogP contribution in [-0.2, 0) is 31.9 Å². The molecule has 0 atom stereocenters. The molecule has 3 aromatic rings. The molecule has 2 aromatic carbocycles. The first-order valence-corrected chi connectivity index (χ1v) is 15.1. The molecule has 0 saturated carbocycles. The monoisotopic (exact) mass is 572 g/mol. The fourth-order valence-corrected chi connectivity index (χ4v) is 5.50. The molecule has 1 aliphatic rings. The highest BCUT2D eigenvalue weighted by atomic mass is 35.5. The minimum Gasteiger partial charge on any atom is -0.489 e. The lowest BCUT2D eigenvalue weighted by Gasteiger charge is -2.32. The summed E-state index contributed by atoms with van der Waals surface area (Å²) in [5, 5.41) is 1.02. The average molecular weight is 573 g/mol. The molecule has 0 amide bonds. The molecular weight excluding hydrogens is 531 g/mol. The molecule has 212 valence electrons. The normalized spacial score (nSPS) is 15.6. The third-order valence-electron chi connectivity index (χ3n) is 7.17. The highest BCUT2D eigenvalue weighted by Gasteiger charge is 2.52. The van der Waals surface area contributed by atoms with E-state index in [4.69, 9.17) is 30.4 Å². The molecule has 8 heteroatoms. The molecule has 1 saturated heterocycles. The number of carbonyl (C=O) groups is 1. The summed E-state index contributed by atoms with van der Waals surface area (Å²) in [7, 11) is -0.501. The van der Waals surface area contributed by atoms with Crippen molar-refractivity contribution in [3.8, 4) is 5.75 Å². The Morgan fingerprint density at radius 2 is 1.62 bits per heavy atom. The Balaban J connectivity index is 0.000000631. The minimum atomic E-state index is -0.501. The second-order valence-electron chi connectivity index (χ2n) is 10.8. The van der Waals surface area contributed by atoms with Crippen molar-refractivity contribution in [3.05, 3.63) is 57.9 Å². The maximum Gasteiger partial charge on any atom is 0.495 e. The maximum absolute atomic E-state index is 12.0. The van der Waals surface area contributed by atoms with Gasteiger partial charge >= 0.3 is 13.1 Å². The van der Waals surface area contributed by atoms with Crippen LogP contribution in [0.25, 0.3) is 10.1 Å². The molecule has 5 nitrogen and oxygen atoms in total. The summed E-state index contributed by atoms with van der Waals surface area (Å²) in [6, 6.07) is 13.6. The lowest BCUT2D eigenvalue weighted by atomic mass is 9.76. The highest BCUT2D eigenvalue weighted by Crippen LogP contribution is 2.38. The lowest BCUT2D eigenvalue weighted by molar-refractivity contribution is -0.142. The lowest BCUT2D eigenvalue weighted by Crippen LogP contribution is -2.41. The van der Waals surface area contributed by atoms with Crippen molar-refractivity contribution in [2.24, 2.45) is 0 Å². The second kappa shape index (κ2) is 14.0. The van der Waals surface area contributed by atoms with Crippen LogP contribution >= 0.6 is 22.9 Å². The van der Waals surface area contributed by atoms with Gasteiger partial charge in [0, 0.05) is 10.3 Å². The molecule has 0 unspecified atom stereocenters. The van der Waals surface area contributed by atoms with Gasteiger partial charge in [0.15, 0.2) is 0 Å². The summed E-state index contributed by atoms with van der Waals surface area (Å²) in [5.74, 6) is 0.387. The van der Waals surface area contributed by atoms with Crippen molar-refractivity contribution in [1.82, 2.24) is 0 Å². The van der Waals surface area contributed by atoms with Gasteiger partial charge in [-0.2, -0.15) is 0 Å². The van der Waals surface area contributed by atoms with E-state index >= 15 is 0 Å². The highest BCUT2D eigenvalue weighted by molar-refractivity contribution is 7.22. The number of esters is 1. The van der Waals surface area contributed by atoms with Crippen molar-refractivity contribution in [3.63, 3.8) is 0 Å². The predicted octanol–water partition coefficient (Wildman–Crippen LogP) is 8.13. The molecule has 0 N–H and O–H groups in total. The van der Waals surface area contributed by atoms with Gasteiger partial charge in [0.05, 0.1) is 28.6 Å². The van der Waals surface area contributed by atoms with E-state index in [2.05, 4.69) is 26.0 Å². The number of halogens is 1. The van der Waals surface area contributed by atoms with Gasteiger partial charge in [0.1, 0.15) is 12.4 Å². The zero-order valence-electron chi connectivity index (χ0n) is 24.4. The summed E-state index contributed by atoms with van der Waals surface area (Å²) in [6.45, 7) is 15.1. The van der Waals surface area contributed by atoms with Crippen LogP contribution in [-0.4, -0.2) is 30.9 Å². The Labute approximate surface area is 243 Å². The molecule has 0 bridgehead atoms. The SMILES string of the molecule is CCCCCC.CCOC(=O)Cc1ccccc1OCc1cc(B2OC(C)(C)C(C)(C)O2)c2cc(Cl)sc2c1. The first kappa shape index (κ1) is 31.5. The average Bonchev–Trinajstić information content (AvgIpc) is 3.36. The maximum atomic E-state index is 12.0. The van der Waals surface area contributed by atoms with Gasteiger partial charge in [-0.1, -0.05) is 75.4 Å². The van der Waals surface area contributed by atoms with Crippen LogP contribution in [0.4, 0.5) is 0 Å². The first-order chi connectivity index (χ1) is 18.5. The van der Waals surface area contributed by atoms with Gasteiger partial charge in [0.2, 0.25) is 0 Å². The zero-order chi connectivity index (χ0) is 28.6. The second-order valence-corrected chi connectivity index (χ2v) is 12.5. The third-order valence-corrected chi connectivity index (χ3v) is 8.38. The summed E-state index contributed by atoms with van der Waals surface area (Å²) >= 11 is 7.87. The van der Waals surface area contributed by atoms with Gasteiger partial charge in [-0.25, -0.2) is 0 Å². The van der Waals surface area contributed by atoms with Crippen LogP contribution in [0.5, 0.6) is 5.75 Å². The Hall–Kier alpha value is -2.06. The van der Waals surface area contributed by atoms with Crippen LogP contribution in [0.2, 0.25) is 4.34 Å². The standard InChI is InChI=1S/C25H28BClO5S.C6H14/c1-6-29-23(28)13-17-9-7-8-10-20(17)30-15-16-11-19(18-14-22(27)33-21(18)12-16)26-31-24(2,3)25(4,5)32-26;1-3-5-6-4-2/h7-12,14H,6,13,15H2,1-5H3;3-6H2,1-2H3. The predicted molar refractivity (Wildman–Crippen MR) is 163 cm³/mol. The number of carbonyl (C=O) groups excluding carboxylic acids is 1. The van der Waals surface area contributed by atoms with Crippen molar-refractivity contribution >= 4 is 51.6 Å². The van der Waals surface area contributed by atoms with Gasteiger partial charge in [0.25, 0.3) is 0 Å². The Morgan fingerprint density at radius 3 is 2.23 bits per heavy atom. The molecule has 0 spiro atoms. The number of hydrogen-bond acceptors (Lipinski definition) is 6. The number of hydrogen-bond donors (Lipinski definition) is 0. The minimum absolute atomic E-state index is 0.169. The molecule has 39 heavy (non-hydrogen) atoms. The van der Waals surface area contributed by atoms with Crippen LogP contribution in [0, 0.1) is 0 Å². The summed E-state index contributed by atoms with van der Waals surface area (Å²) in [4.78, 5) is 12.0. The third kappa shape index (κ3) is 8.23. The zero-order valence-corrected chi connectivity index (χ0v) is 26.0. The first-order valence-electron chi connectivity index (χ1n) is 13.9. The molecule has 0 radical (unpaired) electrons. The molecule has 2 heterocycles. The smallest absolute Gasteiger partial charge is 0.489 e. The van der Waals surface area contributed by atoms with E-state index in [1.165, 1.54) is 37.0 Å². The molecule has 1 aromatic heterocycles. The number of unbranched alkanes of at least 4 members (excludes halogenated alkanes) is 3. The molecule has 0 aliphatic carbocycles. The van der Waals surface area contributed by atoms with Gasteiger partial charge in [-0.05, 0) is 69.2 Å². The Morgan fingerprint density at radius 1 is 0.974 bits per heavy atom. The summed E-state index contributed by atoms with van der Waals surface area (Å²) in [6.07, 6.45) is 5.71. The quantitative estimate of drug-likeness (QED) is 0.139. The number of fused-ring (bicyclic) bond motifs is 1. The van der Waals surface area contributed by atoms with E-state index in [0.717, 1.165) is 26.7 Å². The van der Waals surface area contributed by atoms with E-state index in [1.807, 2.05) is 58.0 Å². The molecule has 1 aliphatic heterocycles. The van der Waals surface area contributed by atoms with E-state index in [9.17, 15) is 4.79 Å². The van der Waals surface area contributed by atoms with Crippen LogP contribution in [0.3, 0.4) is 0 Å². The summed E-state index contributed by atoms with van der Waals surface area (Å²) < 4.78 is 25.6. The fourth-order valence-electron chi connectivity index (χ4n) is 4.26. The van der Waals surface area contributed by atoms with E-state index in [-0.39, 0.29) is 12.4 Å². The number of thiophene rings is 1. The summed E-state index contributed by atoms with van der Waals surface area (Å²) in [5.41, 5.74) is 1.82. The number of para-hydroxylation sites is 1. The van der Waals surface area contributed by atoms with Crippen LogP contribution in [0.1, 0.15) is 85.3 Å². The van der Waals surface area contributed by atoms with Gasteiger partial charge in [-0.3, -0.25) is 4.79 Å². The largest absolute Gasteiger partial charge is 0.495 e. The molecular formula is C31H42BClO5S. The van der Waals surface area contributed by atoms with E-state index in [1.54, 1.807) is 6.92 Å². The van der Waals surface area contributed by atoms with E-state index in [0.29, 0.717) is 23.3 Å². The van der Waals surface area contributed by atoms with Crippen molar-refractivity contribution in [2.45, 2.75) is 98.4 Å². The number of ether oxygens (including phenoxy) is 2. The van der Waals surface area contributed by atoms with Crippen molar-refractivity contribution < 1.29 is 23.6 Å². The van der Waals surface area contributed by atoms with Crippen LogP contribution in [0.15, 0.2) is 42.5 Å². The van der Waals surface area contributed by atoms with Gasteiger partial charge < -0.3 is 18.8 Å². The Bertz CT molecular complexity index is 1220. The topological polar surface area (TPSA) is 54.0 Å². The van der Waals surface area contributed by atoms with Crippen molar-refractivity contribution in [1.29, 1.82) is 0 Å².